The van der Waals surface area contributed by atoms with Gasteiger partial charge in [0, 0.05) is 10.7 Å². The maximum absolute atomic E-state index is 5.93. The Morgan fingerprint density at radius 3 is 2.87 bits per heavy atom. The first-order valence-electron chi connectivity index (χ1n) is 4.28. The topological polar surface area (TPSA) is 17.8 Å². The average molecular weight is 397 g/mol. The highest BCUT2D eigenvalue weighted by Crippen LogP contribution is 2.17. The molecule has 2 nitrogen and oxygen atoms in total. The molecule has 78 valence electrons. The molecule has 1 aromatic heterocycles. The van der Waals surface area contributed by atoms with E-state index in [-0.39, 0.29) is 0 Å². The zero-order valence-corrected chi connectivity index (χ0v) is 12.1. The third kappa shape index (κ3) is 2.95. The molecule has 5 heteroatoms. The monoisotopic (exact) mass is 396 g/mol. The molecule has 0 atom stereocenters. The van der Waals surface area contributed by atoms with Gasteiger partial charge in [0.05, 0.1) is 11.6 Å². The highest BCUT2D eigenvalue weighted by Gasteiger charge is 2.03. The molecule has 15 heavy (non-hydrogen) atoms. The van der Waals surface area contributed by atoms with Crippen LogP contribution in [0.25, 0.3) is 0 Å². The van der Waals surface area contributed by atoms with E-state index < -0.39 is 0 Å². The molecule has 0 aliphatic rings. The van der Waals surface area contributed by atoms with Crippen molar-refractivity contribution in [1.82, 2.24) is 9.78 Å². The molecule has 0 fully saturated rings. The fourth-order valence-corrected chi connectivity index (χ4v) is 2.29. The van der Waals surface area contributed by atoms with Crippen LogP contribution in [0, 0.1) is 3.70 Å². The lowest BCUT2D eigenvalue weighted by Gasteiger charge is -2.01. The van der Waals surface area contributed by atoms with E-state index in [1.54, 1.807) is 0 Å². The molecule has 0 N–H and O–H groups in total. The zero-order valence-electron chi connectivity index (χ0n) is 7.62. The Balaban J connectivity index is 2.22. The molecular weight excluding hydrogens is 390 g/mol. The van der Waals surface area contributed by atoms with E-state index in [1.807, 2.05) is 23.0 Å². The standard InChI is InChI=1S/C10H7BrClIN2/c11-8-3-1-2-7(4-8)5-15-6-9(12)10(13)14-15/h1-4,6H,5H2. The van der Waals surface area contributed by atoms with Gasteiger partial charge >= 0.3 is 0 Å². The van der Waals surface area contributed by atoms with Crippen LogP contribution in [0.4, 0.5) is 0 Å². The minimum atomic E-state index is 0.700. The average Bonchev–Trinajstić information content (AvgIpc) is 2.45. The minimum absolute atomic E-state index is 0.700. The molecular formula is C10H7BrClIN2. The second kappa shape index (κ2) is 4.84. The van der Waals surface area contributed by atoms with Crippen molar-refractivity contribution < 1.29 is 0 Å². The lowest BCUT2D eigenvalue weighted by atomic mass is 10.2. The number of hydrogen-bond acceptors (Lipinski definition) is 1. The third-order valence-corrected chi connectivity index (χ3v) is 3.79. The van der Waals surface area contributed by atoms with Crippen molar-refractivity contribution in [2.24, 2.45) is 0 Å². The summed E-state index contributed by atoms with van der Waals surface area (Å²) in [5, 5.41) is 4.99. The summed E-state index contributed by atoms with van der Waals surface area (Å²) in [5.74, 6) is 0. The summed E-state index contributed by atoms with van der Waals surface area (Å²) in [6, 6.07) is 8.15. The van der Waals surface area contributed by atoms with Crippen molar-refractivity contribution >= 4 is 50.1 Å². The Hall–Kier alpha value is -0.0700. The van der Waals surface area contributed by atoms with Gasteiger partial charge in [0.2, 0.25) is 0 Å². The van der Waals surface area contributed by atoms with E-state index in [9.17, 15) is 0 Å². The maximum atomic E-state index is 5.93. The molecule has 2 aromatic rings. The maximum Gasteiger partial charge on any atom is 0.141 e. The van der Waals surface area contributed by atoms with Crippen LogP contribution in [-0.4, -0.2) is 9.78 Å². The first kappa shape index (κ1) is 11.4. The summed E-state index contributed by atoms with van der Waals surface area (Å²) in [5.41, 5.74) is 1.19. The molecule has 0 aliphatic heterocycles. The summed E-state index contributed by atoms with van der Waals surface area (Å²) < 4.78 is 3.75. The predicted octanol–water partition coefficient (Wildman–Crippen LogP) is 3.95. The smallest absolute Gasteiger partial charge is 0.141 e. The largest absolute Gasteiger partial charge is 0.266 e. The zero-order chi connectivity index (χ0) is 10.8. The summed E-state index contributed by atoms with van der Waals surface area (Å²) in [7, 11) is 0. The van der Waals surface area contributed by atoms with Gasteiger partial charge in [-0.15, -0.1) is 0 Å². The number of hydrogen-bond donors (Lipinski definition) is 0. The van der Waals surface area contributed by atoms with Crippen molar-refractivity contribution in [2.45, 2.75) is 6.54 Å². The van der Waals surface area contributed by atoms with Crippen LogP contribution in [0.2, 0.25) is 5.02 Å². The van der Waals surface area contributed by atoms with Gasteiger partial charge in [0.25, 0.3) is 0 Å². The second-order valence-corrected chi connectivity index (χ2v) is 5.44. The van der Waals surface area contributed by atoms with Crippen molar-refractivity contribution in [2.75, 3.05) is 0 Å². The van der Waals surface area contributed by atoms with Gasteiger partial charge in [-0.05, 0) is 40.3 Å². The van der Waals surface area contributed by atoms with Gasteiger partial charge in [-0.25, -0.2) is 0 Å². The Morgan fingerprint density at radius 1 is 1.47 bits per heavy atom. The van der Waals surface area contributed by atoms with Gasteiger partial charge in [-0.1, -0.05) is 39.7 Å². The molecule has 0 aliphatic carbocycles. The Labute approximate surface area is 115 Å². The fourth-order valence-electron chi connectivity index (χ4n) is 1.28. The van der Waals surface area contributed by atoms with E-state index in [2.05, 4.69) is 55.8 Å². The van der Waals surface area contributed by atoms with Gasteiger partial charge in [-0.3, -0.25) is 4.68 Å². The van der Waals surface area contributed by atoms with E-state index >= 15 is 0 Å². The van der Waals surface area contributed by atoms with E-state index in [4.69, 9.17) is 11.6 Å². The van der Waals surface area contributed by atoms with Crippen molar-refractivity contribution in [3.63, 3.8) is 0 Å². The molecule has 0 saturated carbocycles. The van der Waals surface area contributed by atoms with Crippen LogP contribution in [0.1, 0.15) is 5.56 Å². The van der Waals surface area contributed by atoms with Gasteiger partial charge < -0.3 is 0 Å². The summed E-state index contributed by atoms with van der Waals surface area (Å²) in [4.78, 5) is 0. The first-order chi connectivity index (χ1) is 7.15. The summed E-state index contributed by atoms with van der Waals surface area (Å²) >= 11 is 11.5. The van der Waals surface area contributed by atoms with Crippen LogP contribution in [0.3, 0.4) is 0 Å². The molecule has 1 heterocycles. The van der Waals surface area contributed by atoms with E-state index in [0.717, 1.165) is 14.7 Å². The highest BCUT2D eigenvalue weighted by molar-refractivity contribution is 14.1. The Bertz CT molecular complexity index is 465. The molecule has 2 rings (SSSR count). The fraction of sp³-hybridized carbons (Fsp3) is 0.100. The van der Waals surface area contributed by atoms with Crippen LogP contribution >= 0.6 is 50.1 Å². The molecule has 0 amide bonds. The number of nitrogens with zero attached hydrogens (tertiary/aromatic N) is 2. The Morgan fingerprint density at radius 2 is 2.27 bits per heavy atom. The van der Waals surface area contributed by atoms with Crippen LogP contribution in [-0.2, 0) is 6.54 Å². The number of halogens is 3. The number of rotatable bonds is 2. The second-order valence-electron chi connectivity index (χ2n) is 3.10. The first-order valence-corrected chi connectivity index (χ1v) is 6.53. The van der Waals surface area contributed by atoms with Crippen molar-refractivity contribution in [3.05, 3.63) is 49.2 Å². The van der Waals surface area contributed by atoms with Crippen LogP contribution in [0.5, 0.6) is 0 Å². The van der Waals surface area contributed by atoms with Crippen molar-refractivity contribution in [1.29, 1.82) is 0 Å². The molecule has 0 saturated heterocycles. The van der Waals surface area contributed by atoms with Crippen molar-refractivity contribution in [3.8, 4) is 0 Å². The highest BCUT2D eigenvalue weighted by atomic mass is 127. The normalized spacial score (nSPS) is 10.6. The number of aromatic nitrogens is 2. The minimum Gasteiger partial charge on any atom is -0.266 e. The lowest BCUT2D eigenvalue weighted by molar-refractivity contribution is 0.681. The summed E-state index contributed by atoms with van der Waals surface area (Å²) in [6.07, 6.45) is 1.84. The number of benzene rings is 1. The van der Waals surface area contributed by atoms with Crippen LogP contribution in [0.15, 0.2) is 34.9 Å². The predicted molar refractivity (Wildman–Crippen MR) is 73.2 cm³/mol. The van der Waals surface area contributed by atoms with Gasteiger partial charge in [0.15, 0.2) is 0 Å². The van der Waals surface area contributed by atoms with E-state index in [0.29, 0.717) is 5.02 Å². The Kier molecular flexibility index (Phi) is 3.69. The molecule has 0 bridgehead atoms. The van der Waals surface area contributed by atoms with Gasteiger partial charge in [-0.2, -0.15) is 5.10 Å². The molecule has 0 spiro atoms. The molecule has 0 unspecified atom stereocenters. The van der Waals surface area contributed by atoms with Gasteiger partial charge in [0.1, 0.15) is 3.70 Å². The summed E-state index contributed by atoms with van der Waals surface area (Å²) in [6.45, 7) is 0.738. The molecule has 0 radical (unpaired) electrons. The quantitative estimate of drug-likeness (QED) is 0.702. The van der Waals surface area contributed by atoms with E-state index in [1.165, 1.54) is 5.56 Å². The SMILES string of the molecule is Clc1cn(Cc2cccc(Br)c2)nc1I. The third-order valence-electron chi connectivity index (χ3n) is 1.91. The van der Waals surface area contributed by atoms with Crippen LogP contribution < -0.4 is 0 Å². The molecule has 1 aromatic carbocycles. The lowest BCUT2D eigenvalue weighted by Crippen LogP contribution is -2.00.